The van der Waals surface area contributed by atoms with E-state index in [9.17, 15) is 4.79 Å². The number of para-hydroxylation sites is 1. The van der Waals surface area contributed by atoms with Crippen molar-refractivity contribution >= 4 is 16.8 Å². The van der Waals surface area contributed by atoms with Crippen LogP contribution in [0.2, 0.25) is 0 Å². The summed E-state index contributed by atoms with van der Waals surface area (Å²) in [6, 6.07) is 9.78. The maximum atomic E-state index is 11.3. The molecule has 2 N–H and O–H groups in total. The summed E-state index contributed by atoms with van der Waals surface area (Å²) in [4.78, 5) is 22.6. The van der Waals surface area contributed by atoms with E-state index >= 15 is 0 Å². The van der Waals surface area contributed by atoms with Crippen molar-refractivity contribution in [2.75, 3.05) is 26.7 Å². The number of hydrogen-bond acceptors (Lipinski definition) is 6. The van der Waals surface area contributed by atoms with E-state index in [1.54, 1.807) is 10.9 Å². The molecule has 1 saturated heterocycles. The van der Waals surface area contributed by atoms with Crippen LogP contribution in [0.15, 0.2) is 36.5 Å². The van der Waals surface area contributed by atoms with Crippen LogP contribution in [-0.4, -0.2) is 57.3 Å². The SMILES string of the molecule is CN1CCOC(c2nc(CC(N)=O)nn2-c2cccc3cccnc23)C1. The summed E-state index contributed by atoms with van der Waals surface area (Å²) in [5.74, 6) is 0.578. The van der Waals surface area contributed by atoms with E-state index in [1.807, 2.05) is 37.4 Å². The maximum absolute atomic E-state index is 11.3. The van der Waals surface area contributed by atoms with Crippen LogP contribution in [0.1, 0.15) is 17.8 Å². The molecule has 1 aromatic carbocycles. The van der Waals surface area contributed by atoms with Gasteiger partial charge < -0.3 is 15.4 Å². The van der Waals surface area contributed by atoms with E-state index in [0.717, 1.165) is 23.1 Å². The summed E-state index contributed by atoms with van der Waals surface area (Å²) < 4.78 is 7.66. The molecule has 1 atom stereocenters. The molecule has 1 aliphatic heterocycles. The Bertz CT molecular complexity index is 949. The fourth-order valence-electron chi connectivity index (χ4n) is 3.18. The lowest BCUT2D eigenvalue weighted by atomic mass is 10.2. The number of nitrogens with zero attached hydrogens (tertiary/aromatic N) is 5. The molecule has 26 heavy (non-hydrogen) atoms. The summed E-state index contributed by atoms with van der Waals surface area (Å²) in [7, 11) is 2.04. The van der Waals surface area contributed by atoms with Crippen LogP contribution in [0.25, 0.3) is 16.6 Å². The summed E-state index contributed by atoms with van der Waals surface area (Å²) in [6.07, 6.45) is 1.50. The lowest BCUT2D eigenvalue weighted by Gasteiger charge is -2.29. The van der Waals surface area contributed by atoms with E-state index in [4.69, 9.17) is 10.5 Å². The second-order valence-electron chi connectivity index (χ2n) is 6.42. The smallest absolute Gasteiger partial charge is 0.225 e. The Balaban J connectivity index is 1.85. The van der Waals surface area contributed by atoms with Gasteiger partial charge in [-0.1, -0.05) is 18.2 Å². The molecule has 1 fully saturated rings. The average molecular weight is 352 g/mol. The lowest BCUT2D eigenvalue weighted by Crippen LogP contribution is -2.36. The third-order valence-corrected chi connectivity index (χ3v) is 4.41. The highest BCUT2D eigenvalue weighted by Gasteiger charge is 2.27. The first-order valence-corrected chi connectivity index (χ1v) is 8.50. The molecular formula is C18H20N6O2. The van der Waals surface area contributed by atoms with Crippen LogP contribution in [0.5, 0.6) is 0 Å². The molecule has 8 heteroatoms. The zero-order valence-corrected chi connectivity index (χ0v) is 14.5. The number of aromatic nitrogens is 4. The van der Waals surface area contributed by atoms with Gasteiger partial charge >= 0.3 is 0 Å². The monoisotopic (exact) mass is 352 g/mol. The predicted molar refractivity (Wildman–Crippen MR) is 95.7 cm³/mol. The number of pyridine rings is 1. The van der Waals surface area contributed by atoms with Crippen molar-refractivity contribution in [2.45, 2.75) is 12.5 Å². The van der Waals surface area contributed by atoms with Gasteiger partial charge in [-0.15, -0.1) is 0 Å². The molecule has 0 spiro atoms. The Morgan fingerprint density at radius 3 is 3.00 bits per heavy atom. The number of benzene rings is 1. The van der Waals surface area contributed by atoms with Crippen molar-refractivity contribution in [2.24, 2.45) is 5.73 Å². The fourth-order valence-corrected chi connectivity index (χ4v) is 3.18. The number of nitrogens with two attached hydrogens (primary N) is 1. The zero-order chi connectivity index (χ0) is 18.1. The molecule has 1 aliphatic rings. The van der Waals surface area contributed by atoms with Gasteiger partial charge in [0.25, 0.3) is 0 Å². The molecule has 1 unspecified atom stereocenters. The fraction of sp³-hybridized carbons (Fsp3) is 0.333. The number of amides is 1. The maximum Gasteiger partial charge on any atom is 0.225 e. The minimum Gasteiger partial charge on any atom is -0.369 e. The molecular weight excluding hydrogens is 332 g/mol. The molecule has 3 aromatic rings. The molecule has 4 rings (SSSR count). The van der Waals surface area contributed by atoms with E-state index in [2.05, 4.69) is 20.0 Å². The van der Waals surface area contributed by atoms with Crippen molar-refractivity contribution in [3.63, 3.8) is 0 Å². The summed E-state index contributed by atoms with van der Waals surface area (Å²) >= 11 is 0. The molecule has 2 aromatic heterocycles. The molecule has 3 heterocycles. The normalized spacial score (nSPS) is 18.3. The highest BCUT2D eigenvalue weighted by atomic mass is 16.5. The number of ether oxygens (including phenoxy) is 1. The van der Waals surface area contributed by atoms with Crippen LogP contribution in [0, 0.1) is 0 Å². The lowest BCUT2D eigenvalue weighted by molar-refractivity contribution is -0.117. The molecule has 0 aliphatic carbocycles. The highest BCUT2D eigenvalue weighted by Crippen LogP contribution is 2.26. The molecule has 0 radical (unpaired) electrons. The van der Waals surface area contributed by atoms with Crippen LogP contribution in [0.3, 0.4) is 0 Å². The number of fused-ring (bicyclic) bond motifs is 1. The number of primary amides is 1. The summed E-state index contributed by atoms with van der Waals surface area (Å²) in [5, 5.41) is 5.54. The predicted octanol–water partition coefficient (Wildman–Crippen LogP) is 0.846. The third-order valence-electron chi connectivity index (χ3n) is 4.41. The van der Waals surface area contributed by atoms with Crippen LogP contribution >= 0.6 is 0 Å². The van der Waals surface area contributed by atoms with Crippen molar-refractivity contribution < 1.29 is 9.53 Å². The first kappa shape index (κ1) is 16.6. The number of morpholine rings is 1. The van der Waals surface area contributed by atoms with Gasteiger partial charge in [0.2, 0.25) is 5.91 Å². The van der Waals surface area contributed by atoms with Gasteiger partial charge in [-0.25, -0.2) is 9.67 Å². The van der Waals surface area contributed by atoms with Gasteiger partial charge in [-0.2, -0.15) is 5.10 Å². The largest absolute Gasteiger partial charge is 0.369 e. The van der Waals surface area contributed by atoms with Crippen molar-refractivity contribution in [1.29, 1.82) is 0 Å². The minimum absolute atomic E-state index is 0.0131. The standard InChI is InChI=1S/C18H20N6O2/c1-23-8-9-26-14(11-23)18-21-16(10-15(19)25)22-24(18)13-6-2-4-12-5-3-7-20-17(12)13/h2-7,14H,8-11H2,1H3,(H2,19,25). The first-order valence-electron chi connectivity index (χ1n) is 8.50. The number of carbonyl (C=O) groups is 1. The summed E-state index contributed by atoms with van der Waals surface area (Å²) in [6.45, 7) is 2.19. The van der Waals surface area contributed by atoms with E-state index in [-0.39, 0.29) is 12.5 Å². The van der Waals surface area contributed by atoms with Gasteiger partial charge in [0.1, 0.15) is 6.10 Å². The Morgan fingerprint density at radius 1 is 1.35 bits per heavy atom. The second kappa shape index (κ2) is 6.81. The quantitative estimate of drug-likeness (QED) is 0.747. The number of likely N-dealkylation sites (N-methyl/N-ethyl adjacent to an activating group) is 1. The second-order valence-corrected chi connectivity index (χ2v) is 6.42. The molecule has 8 nitrogen and oxygen atoms in total. The van der Waals surface area contributed by atoms with E-state index in [0.29, 0.717) is 24.8 Å². The van der Waals surface area contributed by atoms with Gasteiger partial charge in [0, 0.05) is 24.7 Å². The molecule has 1 amide bonds. The Labute approximate surface area is 150 Å². The number of rotatable bonds is 4. The average Bonchev–Trinajstić information content (AvgIpc) is 3.04. The molecule has 134 valence electrons. The zero-order valence-electron chi connectivity index (χ0n) is 14.5. The Hall–Kier alpha value is -2.84. The summed E-state index contributed by atoms with van der Waals surface area (Å²) in [5.41, 5.74) is 6.95. The number of carbonyl (C=O) groups excluding carboxylic acids is 1. The Morgan fingerprint density at radius 2 is 2.19 bits per heavy atom. The van der Waals surface area contributed by atoms with Gasteiger partial charge in [-0.05, 0) is 19.2 Å². The van der Waals surface area contributed by atoms with Crippen molar-refractivity contribution in [3.05, 3.63) is 48.2 Å². The van der Waals surface area contributed by atoms with Gasteiger partial charge in [0.15, 0.2) is 11.6 Å². The van der Waals surface area contributed by atoms with E-state index in [1.165, 1.54) is 0 Å². The first-order chi connectivity index (χ1) is 12.6. The Kier molecular flexibility index (Phi) is 4.36. The van der Waals surface area contributed by atoms with Crippen LogP contribution in [-0.2, 0) is 16.0 Å². The molecule has 0 bridgehead atoms. The van der Waals surface area contributed by atoms with E-state index < -0.39 is 5.91 Å². The molecule has 0 saturated carbocycles. The topological polar surface area (TPSA) is 99.2 Å². The van der Waals surface area contributed by atoms with Gasteiger partial charge in [0.05, 0.1) is 24.2 Å². The van der Waals surface area contributed by atoms with Gasteiger partial charge in [-0.3, -0.25) is 9.78 Å². The number of hydrogen-bond donors (Lipinski definition) is 1. The van der Waals surface area contributed by atoms with Crippen molar-refractivity contribution in [3.8, 4) is 5.69 Å². The van der Waals surface area contributed by atoms with Crippen LogP contribution < -0.4 is 5.73 Å². The van der Waals surface area contributed by atoms with Crippen molar-refractivity contribution in [1.82, 2.24) is 24.6 Å². The van der Waals surface area contributed by atoms with Crippen LogP contribution in [0.4, 0.5) is 0 Å². The third kappa shape index (κ3) is 3.16. The minimum atomic E-state index is -0.466. The highest BCUT2D eigenvalue weighted by molar-refractivity contribution is 5.86.